The van der Waals surface area contributed by atoms with E-state index in [2.05, 4.69) is 12.1 Å². The van der Waals surface area contributed by atoms with Crippen molar-refractivity contribution in [1.29, 1.82) is 0 Å². The van der Waals surface area contributed by atoms with Crippen LogP contribution in [0.15, 0.2) is 18.2 Å². The van der Waals surface area contributed by atoms with Crippen molar-refractivity contribution in [2.75, 3.05) is 6.61 Å². The van der Waals surface area contributed by atoms with E-state index >= 15 is 0 Å². The minimum atomic E-state index is -0.133. The van der Waals surface area contributed by atoms with E-state index in [0.29, 0.717) is 13.0 Å². The van der Waals surface area contributed by atoms with Crippen LogP contribution in [0.25, 0.3) is 0 Å². The molecule has 0 N–H and O–H groups in total. The van der Waals surface area contributed by atoms with Crippen LogP contribution in [0.5, 0.6) is 0 Å². The van der Waals surface area contributed by atoms with Crippen molar-refractivity contribution in [2.45, 2.75) is 26.2 Å². The van der Waals surface area contributed by atoms with Crippen LogP contribution in [-0.4, -0.2) is 12.6 Å². The molecular weight excluding hydrogens is 176 g/mol. The van der Waals surface area contributed by atoms with Crippen molar-refractivity contribution in [3.05, 3.63) is 34.9 Å². The standard InChI is InChI=1S/C12H14O2/c1-2-14-12(13)8-9-3-4-10-5-6-11(10)7-9/h3-4,7H,2,5-6,8H2,1H3. The molecule has 0 aromatic heterocycles. The van der Waals surface area contributed by atoms with Gasteiger partial charge in [-0.15, -0.1) is 0 Å². The summed E-state index contributed by atoms with van der Waals surface area (Å²) in [5.41, 5.74) is 3.89. The number of benzene rings is 1. The second-order valence-electron chi connectivity index (χ2n) is 3.58. The van der Waals surface area contributed by atoms with Crippen LogP contribution in [0.2, 0.25) is 0 Å². The lowest BCUT2D eigenvalue weighted by molar-refractivity contribution is -0.142. The first-order valence-corrected chi connectivity index (χ1v) is 5.06. The topological polar surface area (TPSA) is 26.3 Å². The Labute approximate surface area is 83.9 Å². The Morgan fingerprint density at radius 2 is 2.14 bits per heavy atom. The van der Waals surface area contributed by atoms with Crippen molar-refractivity contribution < 1.29 is 9.53 Å². The molecule has 0 heterocycles. The molecule has 0 radical (unpaired) electrons. The van der Waals surface area contributed by atoms with Gasteiger partial charge in [0.15, 0.2) is 0 Å². The third kappa shape index (κ3) is 1.79. The van der Waals surface area contributed by atoms with Crippen LogP contribution in [-0.2, 0) is 28.8 Å². The lowest BCUT2D eigenvalue weighted by atomic mass is 9.87. The Morgan fingerprint density at radius 3 is 2.71 bits per heavy atom. The third-order valence-electron chi connectivity index (χ3n) is 2.59. The fourth-order valence-corrected chi connectivity index (χ4v) is 1.74. The Bertz CT molecular complexity index is 355. The normalized spacial score (nSPS) is 12.9. The van der Waals surface area contributed by atoms with Crippen molar-refractivity contribution in [1.82, 2.24) is 0 Å². The maximum atomic E-state index is 11.2. The van der Waals surface area contributed by atoms with Gasteiger partial charge in [0.25, 0.3) is 0 Å². The van der Waals surface area contributed by atoms with E-state index in [1.54, 1.807) is 0 Å². The summed E-state index contributed by atoms with van der Waals surface area (Å²) in [5, 5.41) is 0. The summed E-state index contributed by atoms with van der Waals surface area (Å²) >= 11 is 0. The highest BCUT2D eigenvalue weighted by molar-refractivity contribution is 5.72. The molecule has 2 nitrogen and oxygen atoms in total. The van der Waals surface area contributed by atoms with Gasteiger partial charge in [0.2, 0.25) is 0 Å². The van der Waals surface area contributed by atoms with E-state index in [0.717, 1.165) is 12.0 Å². The van der Waals surface area contributed by atoms with Crippen molar-refractivity contribution in [3.63, 3.8) is 0 Å². The molecular formula is C12H14O2. The van der Waals surface area contributed by atoms with E-state index < -0.39 is 0 Å². The first kappa shape index (κ1) is 9.25. The minimum Gasteiger partial charge on any atom is -0.466 e. The SMILES string of the molecule is CCOC(=O)Cc1ccc2c(c1)CC2. The summed E-state index contributed by atoms with van der Waals surface area (Å²) in [6.07, 6.45) is 2.75. The number of carbonyl (C=O) groups is 1. The summed E-state index contributed by atoms with van der Waals surface area (Å²) in [6, 6.07) is 6.26. The zero-order valence-electron chi connectivity index (χ0n) is 8.38. The second-order valence-corrected chi connectivity index (χ2v) is 3.58. The molecule has 1 aromatic rings. The lowest BCUT2D eigenvalue weighted by Gasteiger charge is -2.19. The zero-order chi connectivity index (χ0) is 9.97. The van der Waals surface area contributed by atoms with E-state index in [-0.39, 0.29) is 5.97 Å². The Hall–Kier alpha value is -1.31. The molecule has 1 aliphatic rings. The van der Waals surface area contributed by atoms with Crippen LogP contribution in [0.1, 0.15) is 23.6 Å². The number of rotatable bonds is 3. The molecule has 2 rings (SSSR count). The molecule has 0 bridgehead atoms. The van der Waals surface area contributed by atoms with E-state index in [4.69, 9.17) is 4.74 Å². The maximum Gasteiger partial charge on any atom is 0.310 e. The van der Waals surface area contributed by atoms with E-state index in [9.17, 15) is 4.79 Å². The predicted octanol–water partition coefficient (Wildman–Crippen LogP) is 1.89. The second kappa shape index (κ2) is 3.82. The summed E-state index contributed by atoms with van der Waals surface area (Å²) in [4.78, 5) is 11.2. The van der Waals surface area contributed by atoms with Crippen molar-refractivity contribution in [2.24, 2.45) is 0 Å². The minimum absolute atomic E-state index is 0.133. The Morgan fingerprint density at radius 1 is 1.36 bits per heavy atom. The molecule has 1 aliphatic carbocycles. The van der Waals surface area contributed by atoms with Crippen LogP contribution >= 0.6 is 0 Å². The predicted molar refractivity (Wildman–Crippen MR) is 54.2 cm³/mol. The molecule has 0 saturated heterocycles. The highest BCUT2D eigenvalue weighted by Gasteiger charge is 2.13. The van der Waals surface area contributed by atoms with Crippen LogP contribution in [0.4, 0.5) is 0 Å². The summed E-state index contributed by atoms with van der Waals surface area (Å²) in [7, 11) is 0. The number of hydrogen-bond donors (Lipinski definition) is 0. The molecule has 0 unspecified atom stereocenters. The molecule has 2 heteroatoms. The molecule has 1 aromatic carbocycles. The van der Waals surface area contributed by atoms with Gasteiger partial charge in [0.1, 0.15) is 0 Å². The average Bonchev–Trinajstić information content (AvgIpc) is 2.10. The number of hydrogen-bond acceptors (Lipinski definition) is 2. The van der Waals surface area contributed by atoms with Gasteiger partial charge >= 0.3 is 5.97 Å². The van der Waals surface area contributed by atoms with Crippen LogP contribution < -0.4 is 0 Å². The summed E-state index contributed by atoms with van der Waals surface area (Å²) < 4.78 is 4.89. The largest absolute Gasteiger partial charge is 0.466 e. The molecule has 0 amide bonds. The van der Waals surface area contributed by atoms with Crippen LogP contribution in [0.3, 0.4) is 0 Å². The van der Waals surface area contributed by atoms with Gasteiger partial charge < -0.3 is 4.74 Å². The number of fused-ring (bicyclic) bond motifs is 1. The van der Waals surface area contributed by atoms with Gasteiger partial charge in [-0.1, -0.05) is 18.2 Å². The quantitative estimate of drug-likeness (QED) is 0.680. The maximum absolute atomic E-state index is 11.2. The van der Waals surface area contributed by atoms with E-state index in [1.165, 1.54) is 17.5 Å². The molecule has 0 atom stereocenters. The van der Waals surface area contributed by atoms with Crippen molar-refractivity contribution >= 4 is 5.97 Å². The van der Waals surface area contributed by atoms with Gasteiger partial charge in [-0.2, -0.15) is 0 Å². The van der Waals surface area contributed by atoms with Gasteiger partial charge in [-0.05, 0) is 36.5 Å². The molecule has 0 spiro atoms. The first-order valence-electron chi connectivity index (χ1n) is 5.06. The summed E-state index contributed by atoms with van der Waals surface area (Å²) in [6.45, 7) is 2.29. The Kier molecular flexibility index (Phi) is 2.53. The zero-order valence-corrected chi connectivity index (χ0v) is 8.38. The molecule has 14 heavy (non-hydrogen) atoms. The fraction of sp³-hybridized carbons (Fsp3) is 0.417. The molecule has 0 saturated carbocycles. The average molecular weight is 190 g/mol. The highest BCUT2D eigenvalue weighted by Crippen LogP contribution is 2.23. The van der Waals surface area contributed by atoms with Gasteiger partial charge in [-0.3, -0.25) is 4.79 Å². The van der Waals surface area contributed by atoms with Gasteiger partial charge in [0.05, 0.1) is 13.0 Å². The lowest BCUT2D eigenvalue weighted by Crippen LogP contribution is -2.11. The third-order valence-corrected chi connectivity index (χ3v) is 2.59. The molecule has 74 valence electrons. The first-order chi connectivity index (χ1) is 6.79. The monoisotopic (exact) mass is 190 g/mol. The highest BCUT2D eigenvalue weighted by atomic mass is 16.5. The number of esters is 1. The molecule has 0 aliphatic heterocycles. The Balaban J connectivity index is 2.03. The fourth-order valence-electron chi connectivity index (χ4n) is 1.74. The van der Waals surface area contributed by atoms with Gasteiger partial charge in [0, 0.05) is 0 Å². The smallest absolute Gasteiger partial charge is 0.310 e. The van der Waals surface area contributed by atoms with E-state index in [1.807, 2.05) is 13.0 Å². The molecule has 0 fully saturated rings. The summed E-state index contributed by atoms with van der Waals surface area (Å²) in [5.74, 6) is -0.133. The van der Waals surface area contributed by atoms with Crippen LogP contribution in [0, 0.1) is 0 Å². The van der Waals surface area contributed by atoms with Crippen molar-refractivity contribution in [3.8, 4) is 0 Å². The number of aryl methyl sites for hydroxylation is 2. The van der Waals surface area contributed by atoms with Gasteiger partial charge in [-0.25, -0.2) is 0 Å². The number of ether oxygens (including phenoxy) is 1. The number of carbonyl (C=O) groups excluding carboxylic acids is 1.